The third-order valence-corrected chi connectivity index (χ3v) is 4.81. The highest BCUT2D eigenvalue weighted by Gasteiger charge is 2.18. The fourth-order valence-corrected chi connectivity index (χ4v) is 3.35. The van der Waals surface area contributed by atoms with Gasteiger partial charge in [0.15, 0.2) is 0 Å². The van der Waals surface area contributed by atoms with E-state index in [1.54, 1.807) is 26.4 Å². The molecular formula is C20H25N3O4. The predicted octanol–water partition coefficient (Wildman–Crippen LogP) is 2.93. The summed E-state index contributed by atoms with van der Waals surface area (Å²) >= 11 is 0. The number of rotatable bonds is 7. The van der Waals surface area contributed by atoms with Crippen LogP contribution in [0, 0.1) is 10.1 Å². The maximum Gasteiger partial charge on any atom is 0.269 e. The predicted molar refractivity (Wildman–Crippen MR) is 103 cm³/mol. The summed E-state index contributed by atoms with van der Waals surface area (Å²) in [6.07, 6.45) is 0. The highest BCUT2D eigenvalue weighted by molar-refractivity contribution is 5.38. The van der Waals surface area contributed by atoms with Gasteiger partial charge in [-0.1, -0.05) is 12.1 Å². The summed E-state index contributed by atoms with van der Waals surface area (Å²) in [6, 6.07) is 12.8. The van der Waals surface area contributed by atoms with Gasteiger partial charge in [0.1, 0.15) is 11.5 Å². The summed E-state index contributed by atoms with van der Waals surface area (Å²) in [5.74, 6) is 1.60. The zero-order valence-corrected chi connectivity index (χ0v) is 15.8. The highest BCUT2D eigenvalue weighted by Crippen LogP contribution is 2.24. The Bertz CT molecular complexity index is 766. The number of nitro benzene ring substituents is 1. The molecule has 1 fully saturated rings. The van der Waals surface area contributed by atoms with Gasteiger partial charge in [-0.25, -0.2) is 0 Å². The number of nitrogens with zero attached hydrogens (tertiary/aromatic N) is 3. The molecule has 0 spiro atoms. The molecule has 0 aromatic heterocycles. The first kappa shape index (κ1) is 19.1. The second-order valence-corrected chi connectivity index (χ2v) is 6.70. The summed E-state index contributed by atoms with van der Waals surface area (Å²) in [6.45, 7) is 5.36. The second-order valence-electron chi connectivity index (χ2n) is 6.70. The molecule has 1 saturated heterocycles. The van der Waals surface area contributed by atoms with Crippen molar-refractivity contribution >= 4 is 5.69 Å². The minimum Gasteiger partial charge on any atom is -0.497 e. The highest BCUT2D eigenvalue weighted by atomic mass is 16.6. The molecule has 0 aliphatic carbocycles. The first-order valence-electron chi connectivity index (χ1n) is 8.97. The molecule has 0 saturated carbocycles. The number of non-ortho nitro benzene ring substituents is 1. The van der Waals surface area contributed by atoms with E-state index in [4.69, 9.17) is 9.47 Å². The summed E-state index contributed by atoms with van der Waals surface area (Å²) in [7, 11) is 3.32. The van der Waals surface area contributed by atoms with Gasteiger partial charge in [0.05, 0.1) is 19.1 Å². The Morgan fingerprint density at radius 1 is 0.889 bits per heavy atom. The summed E-state index contributed by atoms with van der Waals surface area (Å²) in [5.41, 5.74) is 2.30. The molecule has 27 heavy (non-hydrogen) atoms. The van der Waals surface area contributed by atoms with Crippen LogP contribution in [0.2, 0.25) is 0 Å². The third-order valence-electron chi connectivity index (χ3n) is 4.81. The summed E-state index contributed by atoms with van der Waals surface area (Å²) < 4.78 is 10.7. The largest absolute Gasteiger partial charge is 0.497 e. The topological polar surface area (TPSA) is 68.1 Å². The molecule has 1 aliphatic rings. The second kappa shape index (κ2) is 8.83. The van der Waals surface area contributed by atoms with Crippen LogP contribution < -0.4 is 9.47 Å². The number of nitro groups is 1. The van der Waals surface area contributed by atoms with E-state index in [0.29, 0.717) is 0 Å². The van der Waals surface area contributed by atoms with Crippen molar-refractivity contribution in [2.45, 2.75) is 13.1 Å². The van der Waals surface area contributed by atoms with Gasteiger partial charge in [0.25, 0.3) is 5.69 Å². The van der Waals surface area contributed by atoms with Gasteiger partial charge in [-0.3, -0.25) is 19.9 Å². The number of ether oxygens (including phenoxy) is 2. The molecule has 1 aliphatic heterocycles. The lowest BCUT2D eigenvalue weighted by Crippen LogP contribution is -2.45. The summed E-state index contributed by atoms with van der Waals surface area (Å²) in [5, 5.41) is 10.9. The fourth-order valence-electron chi connectivity index (χ4n) is 3.35. The van der Waals surface area contributed by atoms with E-state index in [1.165, 1.54) is 11.6 Å². The summed E-state index contributed by atoms with van der Waals surface area (Å²) in [4.78, 5) is 15.3. The van der Waals surface area contributed by atoms with Crippen molar-refractivity contribution in [3.8, 4) is 11.5 Å². The van der Waals surface area contributed by atoms with Crippen LogP contribution in [0.25, 0.3) is 0 Å². The van der Waals surface area contributed by atoms with Crippen molar-refractivity contribution in [1.82, 2.24) is 9.80 Å². The molecule has 3 rings (SSSR count). The molecule has 2 aromatic carbocycles. The van der Waals surface area contributed by atoms with Crippen LogP contribution in [-0.4, -0.2) is 55.1 Å². The Balaban J connectivity index is 1.55. The molecular weight excluding hydrogens is 346 g/mol. The minimum atomic E-state index is -0.343. The monoisotopic (exact) mass is 371 g/mol. The Morgan fingerprint density at radius 3 is 1.96 bits per heavy atom. The van der Waals surface area contributed by atoms with Crippen LogP contribution in [-0.2, 0) is 13.1 Å². The Kier molecular flexibility index (Phi) is 6.26. The van der Waals surface area contributed by atoms with Crippen molar-refractivity contribution in [3.05, 3.63) is 63.7 Å². The lowest BCUT2D eigenvalue weighted by Gasteiger charge is -2.34. The molecule has 0 amide bonds. The maximum absolute atomic E-state index is 10.9. The third kappa shape index (κ3) is 5.18. The van der Waals surface area contributed by atoms with Crippen LogP contribution >= 0.6 is 0 Å². The number of hydrogen-bond donors (Lipinski definition) is 0. The molecule has 7 nitrogen and oxygen atoms in total. The first-order valence-corrected chi connectivity index (χ1v) is 8.97. The lowest BCUT2D eigenvalue weighted by atomic mass is 10.1. The molecule has 0 bridgehead atoms. The van der Waals surface area contributed by atoms with Crippen LogP contribution in [0.5, 0.6) is 11.5 Å². The molecule has 0 unspecified atom stereocenters. The maximum atomic E-state index is 10.9. The van der Waals surface area contributed by atoms with Gasteiger partial charge in [-0.2, -0.15) is 0 Å². The van der Waals surface area contributed by atoms with E-state index >= 15 is 0 Å². The van der Waals surface area contributed by atoms with Gasteiger partial charge in [0, 0.05) is 57.5 Å². The van der Waals surface area contributed by atoms with Crippen LogP contribution in [0.15, 0.2) is 42.5 Å². The quantitative estimate of drug-likeness (QED) is 0.551. The van der Waals surface area contributed by atoms with E-state index in [2.05, 4.69) is 9.80 Å². The number of piperazine rings is 1. The first-order chi connectivity index (χ1) is 13.1. The van der Waals surface area contributed by atoms with Crippen LogP contribution in [0.3, 0.4) is 0 Å². The molecule has 7 heteroatoms. The Labute approximate surface area is 159 Å². The molecule has 144 valence electrons. The van der Waals surface area contributed by atoms with Crippen LogP contribution in [0.4, 0.5) is 5.69 Å². The number of methoxy groups -OCH3 is 2. The SMILES string of the molecule is COc1cc(CN2CCN(Cc3cccc([N+](=O)[O-])c3)CC2)cc(OC)c1. The molecule has 0 N–H and O–H groups in total. The average molecular weight is 371 g/mol. The fraction of sp³-hybridized carbons (Fsp3) is 0.400. The van der Waals surface area contributed by atoms with Crippen molar-refractivity contribution in [3.63, 3.8) is 0 Å². The van der Waals surface area contributed by atoms with Gasteiger partial charge in [0.2, 0.25) is 0 Å². The van der Waals surface area contributed by atoms with E-state index in [1.807, 2.05) is 24.3 Å². The van der Waals surface area contributed by atoms with Crippen molar-refractivity contribution in [2.75, 3.05) is 40.4 Å². The van der Waals surface area contributed by atoms with Crippen molar-refractivity contribution in [2.24, 2.45) is 0 Å². The van der Waals surface area contributed by atoms with Crippen molar-refractivity contribution < 1.29 is 14.4 Å². The van der Waals surface area contributed by atoms with Gasteiger partial charge in [-0.05, 0) is 23.3 Å². The smallest absolute Gasteiger partial charge is 0.269 e. The molecule has 1 heterocycles. The molecule has 2 aromatic rings. The number of hydrogen-bond acceptors (Lipinski definition) is 6. The van der Waals surface area contributed by atoms with E-state index < -0.39 is 0 Å². The normalized spacial score (nSPS) is 15.5. The van der Waals surface area contributed by atoms with Crippen LogP contribution in [0.1, 0.15) is 11.1 Å². The van der Waals surface area contributed by atoms with E-state index in [0.717, 1.165) is 56.3 Å². The zero-order valence-electron chi connectivity index (χ0n) is 15.8. The van der Waals surface area contributed by atoms with Gasteiger partial charge < -0.3 is 9.47 Å². The van der Waals surface area contributed by atoms with Crippen molar-refractivity contribution in [1.29, 1.82) is 0 Å². The lowest BCUT2D eigenvalue weighted by molar-refractivity contribution is -0.384. The number of benzene rings is 2. The molecule has 0 atom stereocenters. The Morgan fingerprint density at radius 2 is 1.44 bits per heavy atom. The average Bonchev–Trinajstić information content (AvgIpc) is 2.69. The van der Waals surface area contributed by atoms with E-state index in [-0.39, 0.29) is 10.6 Å². The van der Waals surface area contributed by atoms with Gasteiger partial charge in [-0.15, -0.1) is 0 Å². The molecule has 0 radical (unpaired) electrons. The van der Waals surface area contributed by atoms with E-state index in [9.17, 15) is 10.1 Å². The Hall–Kier alpha value is -2.64. The zero-order chi connectivity index (χ0) is 19.2. The minimum absolute atomic E-state index is 0.151. The van der Waals surface area contributed by atoms with Gasteiger partial charge >= 0.3 is 0 Å². The standard InChI is InChI=1S/C20H25N3O4/c1-26-19-11-17(12-20(13-19)27-2)15-22-8-6-21(7-9-22)14-16-4-3-5-18(10-16)23(24)25/h3-5,10-13H,6-9,14-15H2,1-2H3.